The summed E-state index contributed by atoms with van der Waals surface area (Å²) in [5.74, 6) is -0.441. The highest BCUT2D eigenvalue weighted by molar-refractivity contribution is 5.96. The molecule has 0 atom stereocenters. The lowest BCUT2D eigenvalue weighted by Crippen LogP contribution is -2.17. The number of nitrogens with one attached hydrogen (secondary N) is 1. The first-order valence-corrected chi connectivity index (χ1v) is 10.0. The zero-order valence-corrected chi connectivity index (χ0v) is 17.4. The van der Waals surface area contributed by atoms with Crippen LogP contribution in [0.1, 0.15) is 31.8 Å². The van der Waals surface area contributed by atoms with Gasteiger partial charge in [-0.15, -0.1) is 0 Å². The molecule has 32 heavy (non-hydrogen) atoms. The number of rotatable bonds is 6. The van der Waals surface area contributed by atoms with Gasteiger partial charge in [0.2, 0.25) is 0 Å². The Kier molecular flexibility index (Phi) is 6.22. The number of nitrogens with zero attached hydrogens (tertiary/aromatic N) is 2. The highest BCUT2D eigenvalue weighted by Gasteiger charge is 2.11. The minimum atomic E-state index is -0.457. The molecule has 1 heterocycles. The number of benzene rings is 3. The number of carbonyl (C=O) groups excluding carboxylic acids is 2. The van der Waals surface area contributed by atoms with Crippen LogP contribution in [-0.2, 0) is 0 Å². The van der Waals surface area contributed by atoms with Crippen LogP contribution in [0.4, 0.5) is 0 Å². The molecule has 0 spiro atoms. The molecule has 0 saturated heterocycles. The predicted molar refractivity (Wildman–Crippen MR) is 123 cm³/mol. The van der Waals surface area contributed by atoms with Gasteiger partial charge in [-0.25, -0.2) is 10.2 Å². The average Bonchev–Trinajstić information content (AvgIpc) is 3.35. The quantitative estimate of drug-likeness (QED) is 0.210. The van der Waals surface area contributed by atoms with Crippen molar-refractivity contribution in [1.29, 1.82) is 0 Å². The summed E-state index contributed by atoms with van der Waals surface area (Å²) >= 11 is 0. The van der Waals surface area contributed by atoms with E-state index in [-0.39, 0.29) is 5.91 Å². The first-order valence-electron chi connectivity index (χ1n) is 10.0. The minimum Gasteiger partial charge on any atom is -0.422 e. The first kappa shape index (κ1) is 20.8. The molecule has 0 aliphatic rings. The molecule has 158 valence electrons. The molecule has 4 rings (SSSR count). The van der Waals surface area contributed by atoms with E-state index in [2.05, 4.69) is 10.5 Å². The summed E-state index contributed by atoms with van der Waals surface area (Å²) in [5.41, 5.74) is 5.95. The highest BCUT2D eigenvalue weighted by Crippen LogP contribution is 2.18. The van der Waals surface area contributed by atoms with Crippen molar-refractivity contribution >= 4 is 18.1 Å². The highest BCUT2D eigenvalue weighted by atomic mass is 16.5. The number of amides is 1. The summed E-state index contributed by atoms with van der Waals surface area (Å²) < 4.78 is 7.49. The van der Waals surface area contributed by atoms with E-state index < -0.39 is 5.97 Å². The van der Waals surface area contributed by atoms with Gasteiger partial charge in [0, 0.05) is 29.2 Å². The summed E-state index contributed by atoms with van der Waals surface area (Å²) in [4.78, 5) is 24.9. The molecule has 0 fully saturated rings. The van der Waals surface area contributed by atoms with Crippen molar-refractivity contribution in [1.82, 2.24) is 9.99 Å². The molecule has 1 aromatic heterocycles. The number of esters is 1. The third kappa shape index (κ3) is 4.99. The second-order valence-corrected chi connectivity index (χ2v) is 7.13. The zero-order valence-electron chi connectivity index (χ0n) is 17.4. The van der Waals surface area contributed by atoms with Crippen LogP contribution in [0.25, 0.3) is 5.69 Å². The number of hydrazone groups is 1. The maximum absolute atomic E-state index is 12.5. The third-order valence-corrected chi connectivity index (χ3v) is 4.78. The fourth-order valence-electron chi connectivity index (χ4n) is 3.13. The van der Waals surface area contributed by atoms with E-state index in [0.717, 1.165) is 11.3 Å². The van der Waals surface area contributed by atoms with Gasteiger partial charge in [-0.1, -0.05) is 29.8 Å². The van der Waals surface area contributed by atoms with Gasteiger partial charge in [-0.3, -0.25) is 4.79 Å². The van der Waals surface area contributed by atoms with Gasteiger partial charge in [0.1, 0.15) is 5.75 Å². The molecule has 4 aromatic rings. The molecule has 0 unspecified atom stereocenters. The van der Waals surface area contributed by atoms with Crippen LogP contribution in [0.3, 0.4) is 0 Å². The van der Waals surface area contributed by atoms with Crippen molar-refractivity contribution in [3.05, 3.63) is 120 Å². The predicted octanol–water partition coefficient (Wildman–Crippen LogP) is 4.77. The van der Waals surface area contributed by atoms with Gasteiger partial charge in [0.05, 0.1) is 11.8 Å². The van der Waals surface area contributed by atoms with Crippen LogP contribution in [0.5, 0.6) is 5.75 Å². The molecule has 0 aliphatic heterocycles. The zero-order chi connectivity index (χ0) is 22.3. The molecule has 1 N–H and O–H groups in total. The number of carbonyl (C=O) groups is 2. The normalized spacial score (nSPS) is 10.8. The fourth-order valence-corrected chi connectivity index (χ4v) is 3.13. The van der Waals surface area contributed by atoms with Gasteiger partial charge in [-0.2, -0.15) is 5.10 Å². The summed E-state index contributed by atoms with van der Waals surface area (Å²) in [6.07, 6.45) is 5.32. The van der Waals surface area contributed by atoms with Crippen LogP contribution in [-0.4, -0.2) is 22.7 Å². The second kappa shape index (κ2) is 9.57. The lowest BCUT2D eigenvalue weighted by molar-refractivity contribution is 0.0734. The largest absolute Gasteiger partial charge is 0.422 e. The van der Waals surface area contributed by atoms with Gasteiger partial charge < -0.3 is 9.30 Å². The van der Waals surface area contributed by atoms with Crippen LogP contribution < -0.4 is 10.2 Å². The summed E-state index contributed by atoms with van der Waals surface area (Å²) in [6, 6.07) is 25.2. The van der Waals surface area contributed by atoms with E-state index in [0.29, 0.717) is 22.4 Å². The van der Waals surface area contributed by atoms with E-state index in [1.54, 1.807) is 54.6 Å². The Hall–Kier alpha value is -4.45. The second-order valence-electron chi connectivity index (χ2n) is 7.13. The molecule has 3 aromatic carbocycles. The van der Waals surface area contributed by atoms with Crippen molar-refractivity contribution in [3.63, 3.8) is 0 Å². The monoisotopic (exact) mass is 423 g/mol. The van der Waals surface area contributed by atoms with Crippen molar-refractivity contribution in [3.8, 4) is 11.4 Å². The molecular formula is C26H21N3O3. The lowest BCUT2D eigenvalue weighted by Gasteiger charge is -2.08. The van der Waals surface area contributed by atoms with Gasteiger partial charge in [-0.05, 0) is 67.6 Å². The molecule has 0 bridgehead atoms. The Balaban J connectivity index is 1.41. The molecule has 0 radical (unpaired) electrons. The van der Waals surface area contributed by atoms with Crippen molar-refractivity contribution in [2.24, 2.45) is 5.10 Å². The maximum atomic E-state index is 12.5. The number of aryl methyl sites for hydroxylation is 1. The average molecular weight is 423 g/mol. The van der Waals surface area contributed by atoms with Crippen molar-refractivity contribution in [2.75, 3.05) is 0 Å². The smallest absolute Gasteiger partial charge is 0.343 e. The van der Waals surface area contributed by atoms with E-state index in [1.807, 2.05) is 54.2 Å². The summed E-state index contributed by atoms with van der Waals surface area (Å²) in [6.45, 7) is 1.91. The topological polar surface area (TPSA) is 72.7 Å². The summed E-state index contributed by atoms with van der Waals surface area (Å²) in [7, 11) is 0. The van der Waals surface area contributed by atoms with Gasteiger partial charge in [0.25, 0.3) is 5.91 Å². The SMILES string of the molecule is Cc1cccc(C(=O)Oc2ccccc2C=NNC(=O)c2ccc(-n3cccc3)cc2)c1. The Morgan fingerprint density at radius 3 is 2.38 bits per heavy atom. The van der Waals surface area contributed by atoms with E-state index >= 15 is 0 Å². The number of aromatic nitrogens is 1. The maximum Gasteiger partial charge on any atom is 0.343 e. The summed E-state index contributed by atoms with van der Waals surface area (Å²) in [5, 5.41) is 4.02. The van der Waals surface area contributed by atoms with Crippen LogP contribution in [0, 0.1) is 6.92 Å². The first-order chi connectivity index (χ1) is 15.6. The number of para-hydroxylation sites is 1. The third-order valence-electron chi connectivity index (χ3n) is 4.78. The Morgan fingerprint density at radius 2 is 1.62 bits per heavy atom. The molecule has 1 amide bonds. The Bertz CT molecular complexity index is 1260. The van der Waals surface area contributed by atoms with Gasteiger partial charge in [0.15, 0.2) is 0 Å². The van der Waals surface area contributed by atoms with Gasteiger partial charge >= 0.3 is 5.97 Å². The standard InChI is InChI=1S/C26H21N3O3/c1-19-7-6-9-21(17-19)26(31)32-24-10-3-2-8-22(24)18-27-28-25(30)20-11-13-23(14-12-20)29-15-4-5-16-29/h2-18H,1H3,(H,28,30). The minimum absolute atomic E-state index is 0.338. The number of hydrogen-bond donors (Lipinski definition) is 1. The van der Waals surface area contributed by atoms with E-state index in [9.17, 15) is 9.59 Å². The van der Waals surface area contributed by atoms with Crippen LogP contribution >= 0.6 is 0 Å². The molecule has 0 aliphatic carbocycles. The van der Waals surface area contributed by atoms with Crippen LogP contribution in [0.2, 0.25) is 0 Å². The van der Waals surface area contributed by atoms with E-state index in [4.69, 9.17) is 4.74 Å². The number of hydrogen-bond acceptors (Lipinski definition) is 4. The molecule has 6 heteroatoms. The fraction of sp³-hybridized carbons (Fsp3) is 0.0385. The van der Waals surface area contributed by atoms with Crippen LogP contribution in [0.15, 0.2) is 102 Å². The molecular weight excluding hydrogens is 402 g/mol. The molecule has 6 nitrogen and oxygen atoms in total. The Labute approximate surface area is 185 Å². The number of ether oxygens (including phenoxy) is 1. The Morgan fingerprint density at radius 1 is 0.875 bits per heavy atom. The van der Waals surface area contributed by atoms with Crippen molar-refractivity contribution < 1.29 is 14.3 Å². The van der Waals surface area contributed by atoms with E-state index in [1.165, 1.54) is 6.21 Å². The van der Waals surface area contributed by atoms with Crippen molar-refractivity contribution in [2.45, 2.75) is 6.92 Å². The molecule has 0 saturated carbocycles. The lowest BCUT2D eigenvalue weighted by atomic mass is 10.1.